The molecule has 6 nitrogen and oxygen atoms in total. The van der Waals surface area contributed by atoms with Crippen LogP contribution < -0.4 is 5.32 Å². The molecular formula is C13H13NO5S2. The average Bonchev–Trinajstić information content (AvgIpc) is 3.03. The highest BCUT2D eigenvalue weighted by Crippen LogP contribution is 2.29. The van der Waals surface area contributed by atoms with Crippen LogP contribution in [0.4, 0.5) is 0 Å². The maximum Gasteiger partial charge on any atom is 0.326 e. The lowest BCUT2D eigenvalue weighted by Crippen LogP contribution is -2.40. The fourth-order valence-corrected chi connectivity index (χ4v) is 3.74. The molecule has 2 N–H and O–H groups in total. The summed E-state index contributed by atoms with van der Waals surface area (Å²) in [7, 11) is 1.23. The predicted molar refractivity (Wildman–Crippen MR) is 79.8 cm³/mol. The molecule has 0 saturated heterocycles. The van der Waals surface area contributed by atoms with E-state index in [9.17, 15) is 14.4 Å². The lowest BCUT2D eigenvalue weighted by Gasteiger charge is -2.13. The smallest absolute Gasteiger partial charge is 0.326 e. The molecule has 112 valence electrons. The van der Waals surface area contributed by atoms with Gasteiger partial charge in [-0.05, 0) is 23.9 Å². The molecule has 2 aromatic heterocycles. The second-order valence-corrected chi connectivity index (χ2v) is 6.27. The average molecular weight is 327 g/mol. The molecule has 8 heteroatoms. The number of ether oxygens (including phenoxy) is 1. The normalized spacial score (nSPS) is 12.0. The number of amides is 1. The highest BCUT2D eigenvalue weighted by molar-refractivity contribution is 7.27. The summed E-state index contributed by atoms with van der Waals surface area (Å²) >= 11 is 2.83. The summed E-state index contributed by atoms with van der Waals surface area (Å²) in [5.74, 6) is -2.13. The number of hydrogen-bond acceptors (Lipinski definition) is 6. The van der Waals surface area contributed by atoms with E-state index in [0.717, 1.165) is 9.40 Å². The number of carbonyl (C=O) groups is 3. The zero-order valence-electron chi connectivity index (χ0n) is 11.1. The van der Waals surface area contributed by atoms with Crippen LogP contribution >= 0.6 is 22.7 Å². The van der Waals surface area contributed by atoms with E-state index in [1.165, 1.54) is 29.8 Å². The third-order valence-electron chi connectivity index (χ3n) is 2.83. The topological polar surface area (TPSA) is 92.7 Å². The third-order valence-corrected chi connectivity index (χ3v) is 4.92. The first kappa shape index (κ1) is 15.5. The van der Waals surface area contributed by atoms with Gasteiger partial charge in [0.2, 0.25) is 0 Å². The summed E-state index contributed by atoms with van der Waals surface area (Å²) in [6.45, 7) is 0. The molecule has 0 fully saturated rings. The number of hydrogen-bond donors (Lipinski definition) is 2. The number of nitrogens with one attached hydrogen (secondary N) is 1. The minimum atomic E-state index is -1.18. The number of esters is 1. The molecule has 1 atom stereocenters. The molecule has 2 rings (SSSR count). The molecule has 0 aliphatic heterocycles. The number of thiophene rings is 2. The Labute approximate surface area is 128 Å². The van der Waals surface area contributed by atoms with E-state index in [-0.39, 0.29) is 12.8 Å². The Morgan fingerprint density at radius 2 is 2.14 bits per heavy atom. The van der Waals surface area contributed by atoms with Gasteiger partial charge in [0.1, 0.15) is 6.04 Å². The van der Waals surface area contributed by atoms with Crippen molar-refractivity contribution >= 4 is 49.9 Å². The molecule has 0 aliphatic carbocycles. The molecule has 0 bridgehead atoms. The van der Waals surface area contributed by atoms with Gasteiger partial charge in [0.15, 0.2) is 0 Å². The van der Waals surface area contributed by atoms with Crippen molar-refractivity contribution in [3.05, 3.63) is 22.4 Å². The maximum absolute atomic E-state index is 12.1. The summed E-state index contributed by atoms with van der Waals surface area (Å²) < 4.78 is 6.44. The van der Waals surface area contributed by atoms with Crippen LogP contribution in [0.25, 0.3) is 9.40 Å². The van der Waals surface area contributed by atoms with E-state index in [2.05, 4.69) is 10.1 Å². The van der Waals surface area contributed by atoms with Gasteiger partial charge in [-0.2, -0.15) is 0 Å². The van der Waals surface area contributed by atoms with Crippen LogP contribution in [0, 0.1) is 0 Å². The lowest BCUT2D eigenvalue weighted by molar-refractivity contribution is -0.142. The number of rotatable bonds is 6. The van der Waals surface area contributed by atoms with Gasteiger partial charge in [-0.25, -0.2) is 4.79 Å². The zero-order chi connectivity index (χ0) is 15.4. The van der Waals surface area contributed by atoms with Crippen LogP contribution in [0.3, 0.4) is 0 Å². The molecule has 2 heterocycles. The van der Waals surface area contributed by atoms with Crippen molar-refractivity contribution in [2.45, 2.75) is 18.9 Å². The van der Waals surface area contributed by atoms with Crippen LogP contribution in [0.2, 0.25) is 0 Å². The molecule has 0 aromatic carbocycles. The standard InChI is InChI=1S/C13H13NO5S2/c1-19-11(15)3-2-7(13(17)18)14-12(16)10-6-9-8(21-10)4-5-20-9/h4-7H,2-3H2,1H3,(H,14,16)(H,17,18)/t7-/m1/s1. The van der Waals surface area contributed by atoms with Crippen LogP contribution in [-0.4, -0.2) is 36.1 Å². The number of carboxylic acids is 1. The Balaban J connectivity index is 2.02. The molecule has 1 amide bonds. The quantitative estimate of drug-likeness (QED) is 0.793. The van der Waals surface area contributed by atoms with Crippen molar-refractivity contribution in [2.75, 3.05) is 7.11 Å². The van der Waals surface area contributed by atoms with Crippen molar-refractivity contribution in [1.82, 2.24) is 5.32 Å². The Kier molecular flexibility index (Phi) is 4.92. The molecular weight excluding hydrogens is 314 g/mol. The summed E-state index contributed by atoms with van der Waals surface area (Å²) in [6, 6.07) is 2.53. The summed E-state index contributed by atoms with van der Waals surface area (Å²) in [4.78, 5) is 34.7. The lowest BCUT2D eigenvalue weighted by atomic mass is 10.1. The monoisotopic (exact) mass is 327 g/mol. The fraction of sp³-hybridized carbons (Fsp3) is 0.308. The third kappa shape index (κ3) is 3.79. The van der Waals surface area contributed by atoms with Gasteiger partial charge < -0.3 is 15.2 Å². The van der Waals surface area contributed by atoms with Gasteiger partial charge in [-0.1, -0.05) is 0 Å². The zero-order valence-corrected chi connectivity index (χ0v) is 12.8. The fourth-order valence-electron chi connectivity index (χ4n) is 1.73. The minimum Gasteiger partial charge on any atom is -0.480 e. The first-order valence-corrected chi connectivity index (χ1v) is 7.78. The van der Waals surface area contributed by atoms with Crippen molar-refractivity contribution in [3.8, 4) is 0 Å². The van der Waals surface area contributed by atoms with Crippen LogP contribution in [-0.2, 0) is 14.3 Å². The Bertz CT molecular complexity index is 646. The van der Waals surface area contributed by atoms with Crippen LogP contribution in [0.5, 0.6) is 0 Å². The predicted octanol–water partition coefficient (Wildman–Crippen LogP) is 2.10. The number of aliphatic carboxylic acids is 1. The van der Waals surface area contributed by atoms with Gasteiger partial charge in [-0.15, -0.1) is 22.7 Å². The molecule has 2 aromatic rings. The number of methoxy groups -OCH3 is 1. The van der Waals surface area contributed by atoms with Gasteiger partial charge in [0.25, 0.3) is 5.91 Å². The number of carboxylic acid groups (broad SMARTS) is 1. The van der Waals surface area contributed by atoms with Gasteiger partial charge in [0.05, 0.1) is 12.0 Å². The molecule has 0 unspecified atom stereocenters. The van der Waals surface area contributed by atoms with E-state index in [1.54, 1.807) is 6.07 Å². The van der Waals surface area contributed by atoms with Crippen molar-refractivity contribution in [3.63, 3.8) is 0 Å². The first-order valence-electron chi connectivity index (χ1n) is 6.08. The van der Waals surface area contributed by atoms with Gasteiger partial charge in [0, 0.05) is 15.8 Å². The molecule has 0 spiro atoms. The van der Waals surface area contributed by atoms with Crippen LogP contribution in [0.15, 0.2) is 17.5 Å². The number of fused-ring (bicyclic) bond motifs is 1. The van der Waals surface area contributed by atoms with Crippen molar-refractivity contribution in [2.24, 2.45) is 0 Å². The van der Waals surface area contributed by atoms with E-state index in [0.29, 0.717) is 4.88 Å². The largest absolute Gasteiger partial charge is 0.480 e. The van der Waals surface area contributed by atoms with Crippen molar-refractivity contribution < 1.29 is 24.2 Å². The summed E-state index contributed by atoms with van der Waals surface area (Å²) in [6.07, 6.45) is -0.0687. The molecule has 0 saturated carbocycles. The summed E-state index contributed by atoms with van der Waals surface area (Å²) in [5.41, 5.74) is 0. The minimum absolute atomic E-state index is 0.00646. The van der Waals surface area contributed by atoms with Crippen molar-refractivity contribution in [1.29, 1.82) is 0 Å². The second kappa shape index (κ2) is 6.68. The highest BCUT2D eigenvalue weighted by atomic mass is 32.1. The second-order valence-electron chi connectivity index (χ2n) is 4.24. The maximum atomic E-state index is 12.1. The van der Waals surface area contributed by atoms with E-state index in [1.807, 2.05) is 11.4 Å². The van der Waals surface area contributed by atoms with E-state index >= 15 is 0 Å². The molecule has 0 aliphatic rings. The Morgan fingerprint density at radius 3 is 2.76 bits per heavy atom. The molecule has 21 heavy (non-hydrogen) atoms. The Hall–Kier alpha value is -1.93. The highest BCUT2D eigenvalue weighted by Gasteiger charge is 2.22. The van der Waals surface area contributed by atoms with Gasteiger partial charge >= 0.3 is 11.9 Å². The number of carbonyl (C=O) groups excluding carboxylic acids is 2. The van der Waals surface area contributed by atoms with Crippen LogP contribution in [0.1, 0.15) is 22.5 Å². The van der Waals surface area contributed by atoms with E-state index < -0.39 is 23.9 Å². The summed E-state index contributed by atoms with van der Waals surface area (Å²) in [5, 5.41) is 13.5. The molecule has 0 radical (unpaired) electrons. The SMILES string of the molecule is COC(=O)CC[C@@H](NC(=O)c1cc2sccc2s1)C(=O)O. The van der Waals surface area contributed by atoms with Gasteiger partial charge in [-0.3, -0.25) is 9.59 Å². The Morgan fingerprint density at radius 1 is 1.38 bits per heavy atom. The first-order chi connectivity index (χ1) is 10.0. The van der Waals surface area contributed by atoms with E-state index in [4.69, 9.17) is 5.11 Å².